The van der Waals surface area contributed by atoms with Gasteiger partial charge in [-0.3, -0.25) is 4.79 Å². The molecular formula is C39H32O9P2. The first kappa shape index (κ1) is 34.1. The molecule has 252 valence electrons. The van der Waals surface area contributed by atoms with Gasteiger partial charge < -0.3 is 36.6 Å². The van der Waals surface area contributed by atoms with Gasteiger partial charge in [0.1, 0.15) is 46.0 Å². The quantitative estimate of drug-likeness (QED) is 0.0720. The number of carbonyl (C=O) groups is 1. The summed E-state index contributed by atoms with van der Waals surface area (Å²) in [4.78, 5) is 14.5. The molecule has 11 heteroatoms. The minimum absolute atomic E-state index is 0.178. The lowest BCUT2D eigenvalue weighted by atomic mass is 10.0. The van der Waals surface area contributed by atoms with E-state index in [0.29, 0.717) is 34.5 Å². The van der Waals surface area contributed by atoms with Crippen molar-refractivity contribution in [3.05, 3.63) is 169 Å². The molecule has 0 aliphatic rings. The summed E-state index contributed by atoms with van der Waals surface area (Å²) in [5.74, 6) is 2.99. The lowest BCUT2D eigenvalue weighted by Gasteiger charge is -2.21. The highest BCUT2D eigenvalue weighted by atomic mass is 31.2. The molecule has 6 aromatic rings. The van der Waals surface area contributed by atoms with E-state index in [1.165, 1.54) is 14.2 Å². The van der Waals surface area contributed by atoms with Crippen molar-refractivity contribution in [3.63, 3.8) is 0 Å². The summed E-state index contributed by atoms with van der Waals surface area (Å²) in [6.07, 6.45) is 0. The molecule has 0 spiro atoms. The van der Waals surface area contributed by atoms with Crippen LogP contribution in [0.5, 0.6) is 46.0 Å². The third-order valence-corrected chi connectivity index (χ3v) is 9.04. The third-order valence-electron chi connectivity index (χ3n) is 6.91. The Morgan fingerprint density at radius 1 is 0.380 bits per heavy atom. The van der Waals surface area contributed by atoms with Gasteiger partial charge in [-0.1, -0.05) is 72.8 Å². The van der Waals surface area contributed by atoms with Gasteiger partial charge in [-0.2, -0.15) is 0 Å². The van der Waals surface area contributed by atoms with Gasteiger partial charge >= 0.3 is 17.2 Å². The van der Waals surface area contributed by atoms with E-state index in [-0.39, 0.29) is 22.6 Å². The predicted octanol–water partition coefficient (Wildman–Crippen LogP) is 10.5. The molecule has 0 fully saturated rings. The molecule has 50 heavy (non-hydrogen) atoms. The molecular weight excluding hydrogens is 674 g/mol. The standard InChI is InChI=1S/C39H32O9P2/c1-41-33-23-25-35(37(27-33)47-49(43-29-15-7-3-8-16-29)44-30-17-9-4-10-18-30)39(40)36-26-24-34(42-2)28-38(36)48-50(45-31-19-11-5-12-20-31)46-32-21-13-6-14-22-32/h3-28H,1-2H3. The molecule has 0 bridgehead atoms. The van der Waals surface area contributed by atoms with Gasteiger partial charge in [0.2, 0.25) is 5.78 Å². The van der Waals surface area contributed by atoms with Gasteiger partial charge in [-0.25, -0.2) is 0 Å². The highest BCUT2D eigenvalue weighted by molar-refractivity contribution is 7.43. The highest BCUT2D eigenvalue weighted by Crippen LogP contribution is 2.47. The smallest absolute Gasteiger partial charge is 0.497 e. The van der Waals surface area contributed by atoms with Crippen molar-refractivity contribution < 1.29 is 41.4 Å². The maximum Gasteiger partial charge on any atom is 0.530 e. The largest absolute Gasteiger partial charge is 0.530 e. The lowest BCUT2D eigenvalue weighted by Crippen LogP contribution is -2.10. The first-order valence-corrected chi connectivity index (χ1v) is 17.6. The van der Waals surface area contributed by atoms with Crippen molar-refractivity contribution in [2.24, 2.45) is 0 Å². The summed E-state index contributed by atoms with van der Waals surface area (Å²) in [7, 11) is -1.14. The minimum Gasteiger partial charge on any atom is -0.497 e. The normalized spacial score (nSPS) is 10.6. The molecule has 0 amide bonds. The van der Waals surface area contributed by atoms with Crippen LogP contribution in [0.25, 0.3) is 0 Å². The average Bonchev–Trinajstić information content (AvgIpc) is 3.16. The molecule has 0 N–H and O–H groups in total. The fourth-order valence-electron chi connectivity index (χ4n) is 4.47. The number of carbonyl (C=O) groups excluding carboxylic acids is 1. The molecule has 0 saturated heterocycles. The van der Waals surface area contributed by atoms with Crippen LogP contribution in [0.15, 0.2) is 158 Å². The van der Waals surface area contributed by atoms with Crippen LogP contribution < -0.4 is 36.6 Å². The molecule has 0 atom stereocenters. The van der Waals surface area contributed by atoms with Crippen LogP contribution >= 0.6 is 17.2 Å². The van der Waals surface area contributed by atoms with E-state index in [9.17, 15) is 4.79 Å². The van der Waals surface area contributed by atoms with Gasteiger partial charge in [0, 0.05) is 12.1 Å². The number of hydrogen-bond acceptors (Lipinski definition) is 9. The van der Waals surface area contributed by atoms with Crippen molar-refractivity contribution in [2.75, 3.05) is 14.2 Å². The lowest BCUT2D eigenvalue weighted by molar-refractivity contribution is 0.103. The van der Waals surface area contributed by atoms with Crippen molar-refractivity contribution in [2.45, 2.75) is 0 Å². The molecule has 6 aromatic carbocycles. The van der Waals surface area contributed by atoms with Crippen molar-refractivity contribution in [3.8, 4) is 46.0 Å². The molecule has 0 saturated carbocycles. The van der Waals surface area contributed by atoms with E-state index >= 15 is 0 Å². The third kappa shape index (κ3) is 9.23. The number of methoxy groups -OCH3 is 2. The Labute approximate surface area is 292 Å². The molecule has 0 radical (unpaired) electrons. The number of para-hydroxylation sites is 4. The summed E-state index contributed by atoms with van der Waals surface area (Å²) in [5, 5.41) is 0. The zero-order valence-corrected chi connectivity index (χ0v) is 28.9. The van der Waals surface area contributed by atoms with Crippen molar-refractivity contribution in [1.29, 1.82) is 0 Å². The minimum atomic E-state index is -2.10. The van der Waals surface area contributed by atoms with E-state index < -0.39 is 23.0 Å². The fraction of sp³-hybridized carbons (Fsp3) is 0.0513. The van der Waals surface area contributed by atoms with Gasteiger partial charge in [-0.05, 0) is 72.8 Å². The Kier molecular flexibility index (Phi) is 11.7. The maximum absolute atomic E-state index is 14.5. The summed E-state index contributed by atoms with van der Waals surface area (Å²) in [6, 6.07) is 46.4. The van der Waals surface area contributed by atoms with Crippen molar-refractivity contribution in [1.82, 2.24) is 0 Å². The molecule has 0 unspecified atom stereocenters. The van der Waals surface area contributed by atoms with Crippen LogP contribution in [0.1, 0.15) is 15.9 Å². The van der Waals surface area contributed by atoms with Crippen LogP contribution in [0, 0.1) is 0 Å². The first-order valence-electron chi connectivity index (χ1n) is 15.4. The van der Waals surface area contributed by atoms with E-state index in [0.717, 1.165) is 0 Å². The SMILES string of the molecule is COc1ccc(C(=O)c2ccc(OC)cc2OP(Oc2ccccc2)Oc2ccccc2)c(OP(Oc2ccccc2)Oc2ccccc2)c1. The highest BCUT2D eigenvalue weighted by Gasteiger charge is 2.28. The van der Waals surface area contributed by atoms with Gasteiger partial charge in [0.25, 0.3) is 0 Å². The number of rotatable bonds is 16. The van der Waals surface area contributed by atoms with Crippen molar-refractivity contribution >= 4 is 23.0 Å². The zero-order valence-electron chi connectivity index (χ0n) is 27.1. The molecule has 0 aromatic heterocycles. The second-order valence-corrected chi connectivity index (χ2v) is 12.3. The molecule has 0 aliphatic heterocycles. The van der Waals surface area contributed by atoms with E-state index in [1.54, 1.807) is 84.9 Å². The number of hydrogen-bond donors (Lipinski definition) is 0. The predicted molar refractivity (Wildman–Crippen MR) is 193 cm³/mol. The number of ketones is 1. The molecule has 0 heterocycles. The van der Waals surface area contributed by atoms with E-state index in [1.807, 2.05) is 72.8 Å². The monoisotopic (exact) mass is 706 g/mol. The number of benzene rings is 6. The Hall–Kier alpha value is -5.75. The van der Waals surface area contributed by atoms with Crippen LogP contribution in [-0.4, -0.2) is 20.0 Å². The fourth-order valence-corrected chi connectivity index (χ4v) is 6.49. The second kappa shape index (κ2) is 17.1. The van der Waals surface area contributed by atoms with Gasteiger partial charge in [-0.15, -0.1) is 0 Å². The first-order chi connectivity index (χ1) is 24.6. The summed E-state index contributed by atoms with van der Waals surface area (Å²) >= 11 is 0. The average molecular weight is 707 g/mol. The second-order valence-electron chi connectivity index (χ2n) is 10.3. The number of ether oxygens (including phenoxy) is 2. The Morgan fingerprint density at radius 3 is 0.960 bits per heavy atom. The Balaban J connectivity index is 1.35. The van der Waals surface area contributed by atoms with E-state index in [2.05, 4.69) is 0 Å². The van der Waals surface area contributed by atoms with Gasteiger partial charge in [0.05, 0.1) is 25.3 Å². The van der Waals surface area contributed by atoms with E-state index in [4.69, 9.17) is 36.6 Å². The molecule has 0 aliphatic carbocycles. The molecule has 6 rings (SSSR count). The van der Waals surface area contributed by atoms with Crippen LogP contribution in [0.4, 0.5) is 0 Å². The van der Waals surface area contributed by atoms with Crippen LogP contribution in [-0.2, 0) is 0 Å². The summed E-state index contributed by atoms with van der Waals surface area (Å²) < 4.78 is 48.3. The topological polar surface area (TPSA) is 90.9 Å². The van der Waals surface area contributed by atoms with Gasteiger partial charge in [0.15, 0.2) is 0 Å². The van der Waals surface area contributed by atoms with Crippen LogP contribution in [0.2, 0.25) is 0 Å². The summed E-state index contributed by atoms with van der Waals surface area (Å²) in [6.45, 7) is 0. The Bertz CT molecular complexity index is 1740. The van der Waals surface area contributed by atoms with Crippen LogP contribution in [0.3, 0.4) is 0 Å². The molecule has 9 nitrogen and oxygen atoms in total. The Morgan fingerprint density at radius 2 is 0.680 bits per heavy atom. The zero-order chi connectivity index (χ0) is 34.5. The summed E-state index contributed by atoms with van der Waals surface area (Å²) in [5.41, 5.74) is 0.415. The maximum atomic E-state index is 14.5.